The minimum atomic E-state index is -0.330. The number of nitrogens with one attached hydrogen (secondary N) is 2. The van der Waals surface area contributed by atoms with Crippen LogP contribution in [0.5, 0.6) is 0 Å². The van der Waals surface area contributed by atoms with Crippen molar-refractivity contribution in [3.05, 3.63) is 72.2 Å². The summed E-state index contributed by atoms with van der Waals surface area (Å²) in [6.45, 7) is 0. The van der Waals surface area contributed by atoms with Crippen molar-refractivity contribution in [3.63, 3.8) is 0 Å². The van der Waals surface area contributed by atoms with E-state index in [0.717, 1.165) is 5.69 Å². The summed E-state index contributed by atoms with van der Waals surface area (Å²) in [6.07, 6.45) is 1.32. The minimum Gasteiger partial charge on any atom is -0.378 e. The maximum atomic E-state index is 12.5. The van der Waals surface area contributed by atoms with Gasteiger partial charge in [0.1, 0.15) is 17.8 Å². The molecule has 1 heterocycles. The van der Waals surface area contributed by atoms with E-state index in [2.05, 4.69) is 26.7 Å². The highest BCUT2D eigenvalue weighted by atomic mass is 16.1. The van der Waals surface area contributed by atoms with Gasteiger partial charge in [0.05, 0.1) is 11.6 Å². The fourth-order valence-electron chi connectivity index (χ4n) is 2.40. The van der Waals surface area contributed by atoms with Gasteiger partial charge in [-0.3, -0.25) is 4.79 Å². The third-order valence-electron chi connectivity index (χ3n) is 3.81. The van der Waals surface area contributed by atoms with E-state index in [1.54, 1.807) is 24.3 Å². The summed E-state index contributed by atoms with van der Waals surface area (Å²) in [5, 5.41) is 14.9. The molecule has 7 nitrogen and oxygen atoms in total. The Hall–Kier alpha value is -3.92. The molecule has 0 saturated heterocycles. The molecular weight excluding hydrogens is 340 g/mol. The Kier molecular flexibility index (Phi) is 5.28. The molecule has 1 amide bonds. The third kappa shape index (κ3) is 4.58. The van der Waals surface area contributed by atoms with E-state index in [-0.39, 0.29) is 11.6 Å². The standard InChI is InChI=1S/C20H18N6O/c1-26(2)17-8-6-15(7-9-17)25-20(27)18-11-19(23-13-22-18)24-16-5-3-4-14(10-16)12-21/h3-11,13H,1-2H3,(H,25,27)(H,22,23,24). The van der Waals surface area contributed by atoms with Gasteiger partial charge in [-0.15, -0.1) is 0 Å². The quantitative estimate of drug-likeness (QED) is 0.726. The number of carbonyl (C=O) groups is 1. The molecule has 134 valence electrons. The fraction of sp³-hybridized carbons (Fsp3) is 0.100. The van der Waals surface area contributed by atoms with Crippen LogP contribution < -0.4 is 15.5 Å². The summed E-state index contributed by atoms with van der Waals surface area (Å²) in [5.41, 5.74) is 3.20. The van der Waals surface area contributed by atoms with E-state index >= 15 is 0 Å². The zero-order chi connectivity index (χ0) is 19.2. The summed E-state index contributed by atoms with van der Waals surface area (Å²) >= 11 is 0. The lowest BCUT2D eigenvalue weighted by Crippen LogP contribution is -2.14. The van der Waals surface area contributed by atoms with Crippen LogP contribution in [0.25, 0.3) is 0 Å². The minimum absolute atomic E-state index is 0.237. The van der Waals surface area contributed by atoms with Gasteiger partial charge in [0, 0.05) is 37.2 Å². The van der Waals surface area contributed by atoms with Crippen molar-refractivity contribution in [2.24, 2.45) is 0 Å². The summed E-state index contributed by atoms with van der Waals surface area (Å²) in [7, 11) is 3.91. The first-order valence-corrected chi connectivity index (χ1v) is 8.23. The van der Waals surface area contributed by atoms with Gasteiger partial charge in [-0.2, -0.15) is 5.26 Å². The maximum absolute atomic E-state index is 12.5. The van der Waals surface area contributed by atoms with Crippen LogP contribution >= 0.6 is 0 Å². The first kappa shape index (κ1) is 17.9. The number of rotatable bonds is 5. The molecule has 2 N–H and O–H groups in total. The molecule has 0 atom stereocenters. The second kappa shape index (κ2) is 7.97. The Labute approximate surface area is 157 Å². The van der Waals surface area contributed by atoms with Crippen LogP contribution in [-0.2, 0) is 0 Å². The van der Waals surface area contributed by atoms with Crippen molar-refractivity contribution in [2.45, 2.75) is 0 Å². The van der Waals surface area contributed by atoms with Gasteiger partial charge in [0.25, 0.3) is 5.91 Å². The number of aromatic nitrogens is 2. The van der Waals surface area contributed by atoms with Gasteiger partial charge in [0.15, 0.2) is 0 Å². The molecule has 7 heteroatoms. The summed E-state index contributed by atoms with van der Waals surface area (Å²) < 4.78 is 0. The van der Waals surface area contributed by atoms with Crippen LogP contribution in [0.1, 0.15) is 16.1 Å². The maximum Gasteiger partial charge on any atom is 0.274 e. The molecule has 0 aliphatic rings. The van der Waals surface area contributed by atoms with Gasteiger partial charge in [-0.1, -0.05) is 6.07 Å². The number of nitrogens with zero attached hydrogens (tertiary/aromatic N) is 4. The molecule has 2 aromatic carbocycles. The Morgan fingerprint density at radius 2 is 1.81 bits per heavy atom. The molecule has 0 radical (unpaired) electrons. The molecule has 0 unspecified atom stereocenters. The first-order chi connectivity index (χ1) is 13.0. The molecule has 0 aliphatic carbocycles. The number of anilines is 4. The lowest BCUT2D eigenvalue weighted by Gasteiger charge is -2.13. The van der Waals surface area contributed by atoms with Crippen LogP contribution in [0, 0.1) is 11.3 Å². The SMILES string of the molecule is CN(C)c1ccc(NC(=O)c2cc(Nc3cccc(C#N)c3)ncn2)cc1. The third-order valence-corrected chi connectivity index (χ3v) is 3.81. The van der Waals surface area contributed by atoms with Crippen molar-refractivity contribution in [1.82, 2.24) is 9.97 Å². The molecule has 0 fully saturated rings. The van der Waals surface area contributed by atoms with Gasteiger partial charge < -0.3 is 15.5 Å². The summed E-state index contributed by atoms with van der Waals surface area (Å²) in [5.74, 6) is 0.136. The Bertz CT molecular complexity index is 992. The van der Waals surface area contributed by atoms with Crippen molar-refractivity contribution in [3.8, 4) is 6.07 Å². The van der Waals surface area contributed by atoms with Crippen LogP contribution in [0.2, 0.25) is 0 Å². The van der Waals surface area contributed by atoms with Crippen LogP contribution in [0.15, 0.2) is 60.9 Å². The predicted octanol–water partition coefficient (Wildman–Crippen LogP) is 3.41. The van der Waals surface area contributed by atoms with E-state index in [0.29, 0.717) is 22.8 Å². The normalized spacial score (nSPS) is 9.96. The van der Waals surface area contributed by atoms with Crippen LogP contribution in [0.3, 0.4) is 0 Å². The number of amides is 1. The van der Waals surface area contributed by atoms with Gasteiger partial charge in [-0.05, 0) is 42.5 Å². The molecule has 0 bridgehead atoms. The fourth-order valence-corrected chi connectivity index (χ4v) is 2.40. The number of carbonyl (C=O) groups excluding carboxylic acids is 1. The second-order valence-corrected chi connectivity index (χ2v) is 6.00. The van der Waals surface area contributed by atoms with Crippen molar-refractivity contribution in [2.75, 3.05) is 29.6 Å². The summed E-state index contributed by atoms with van der Waals surface area (Å²) in [6, 6.07) is 18.2. The van der Waals surface area contributed by atoms with E-state index in [4.69, 9.17) is 5.26 Å². The largest absolute Gasteiger partial charge is 0.378 e. The smallest absolute Gasteiger partial charge is 0.274 e. The van der Waals surface area contributed by atoms with Crippen LogP contribution in [-0.4, -0.2) is 30.0 Å². The first-order valence-electron chi connectivity index (χ1n) is 8.23. The molecular formula is C20H18N6O. The number of benzene rings is 2. The zero-order valence-corrected chi connectivity index (χ0v) is 15.0. The molecule has 1 aromatic heterocycles. The second-order valence-electron chi connectivity index (χ2n) is 6.00. The van der Waals surface area contributed by atoms with Crippen LogP contribution in [0.4, 0.5) is 22.9 Å². The Balaban J connectivity index is 1.72. The lowest BCUT2D eigenvalue weighted by molar-refractivity contribution is 0.102. The highest BCUT2D eigenvalue weighted by Crippen LogP contribution is 2.18. The monoisotopic (exact) mass is 358 g/mol. The highest BCUT2D eigenvalue weighted by Gasteiger charge is 2.10. The van der Waals surface area contributed by atoms with Gasteiger partial charge in [0.2, 0.25) is 0 Å². The molecule has 0 saturated carbocycles. The average molecular weight is 358 g/mol. The zero-order valence-electron chi connectivity index (χ0n) is 15.0. The van der Waals surface area contributed by atoms with Gasteiger partial charge in [-0.25, -0.2) is 9.97 Å². The van der Waals surface area contributed by atoms with E-state index in [1.807, 2.05) is 49.3 Å². The summed E-state index contributed by atoms with van der Waals surface area (Å²) in [4.78, 5) is 22.6. The molecule has 3 aromatic rings. The molecule has 0 spiro atoms. The number of hydrogen-bond acceptors (Lipinski definition) is 6. The topological polar surface area (TPSA) is 93.9 Å². The van der Waals surface area contributed by atoms with E-state index < -0.39 is 0 Å². The van der Waals surface area contributed by atoms with Crippen molar-refractivity contribution >= 4 is 28.8 Å². The van der Waals surface area contributed by atoms with Gasteiger partial charge >= 0.3 is 0 Å². The average Bonchev–Trinajstić information content (AvgIpc) is 2.68. The van der Waals surface area contributed by atoms with E-state index in [1.165, 1.54) is 6.33 Å². The highest BCUT2D eigenvalue weighted by molar-refractivity contribution is 6.03. The predicted molar refractivity (Wildman–Crippen MR) is 105 cm³/mol. The van der Waals surface area contributed by atoms with E-state index in [9.17, 15) is 4.79 Å². The molecule has 27 heavy (non-hydrogen) atoms. The lowest BCUT2D eigenvalue weighted by atomic mass is 10.2. The van der Waals surface area contributed by atoms with Crippen molar-refractivity contribution < 1.29 is 4.79 Å². The molecule has 3 rings (SSSR count). The Morgan fingerprint density at radius 1 is 1.04 bits per heavy atom. The Morgan fingerprint density at radius 3 is 2.52 bits per heavy atom. The van der Waals surface area contributed by atoms with Crippen molar-refractivity contribution in [1.29, 1.82) is 5.26 Å². The molecule has 0 aliphatic heterocycles. The number of nitriles is 1. The number of hydrogen-bond donors (Lipinski definition) is 2.